The molecule has 0 aromatic carbocycles. The van der Waals surface area contributed by atoms with Crippen LogP contribution in [0.1, 0.15) is 38.2 Å². The predicted octanol–water partition coefficient (Wildman–Crippen LogP) is 2.11. The minimum Gasteiger partial charge on any atom is -0.478 e. The first kappa shape index (κ1) is 14.7. The molecule has 1 aromatic rings. The molecule has 18 heavy (non-hydrogen) atoms. The molecule has 102 valence electrons. The monoisotopic (exact) mass is 252 g/mol. The van der Waals surface area contributed by atoms with Gasteiger partial charge in [0.15, 0.2) is 0 Å². The lowest BCUT2D eigenvalue weighted by molar-refractivity contribution is 0.324. The minimum absolute atomic E-state index is 0.621. The molecule has 1 rings (SSSR count). The maximum atomic E-state index is 5.45. The van der Waals surface area contributed by atoms with Gasteiger partial charge in [0, 0.05) is 6.54 Å². The van der Waals surface area contributed by atoms with E-state index in [1.165, 1.54) is 19.2 Å². The predicted molar refractivity (Wildman–Crippen MR) is 74.0 cm³/mol. The zero-order valence-electron chi connectivity index (χ0n) is 11.4. The summed E-state index contributed by atoms with van der Waals surface area (Å²) in [4.78, 5) is 8.34. The van der Waals surface area contributed by atoms with E-state index in [9.17, 15) is 0 Å². The second-order valence-corrected chi connectivity index (χ2v) is 4.22. The van der Waals surface area contributed by atoms with Gasteiger partial charge in [-0.25, -0.2) is 9.97 Å². The lowest BCUT2D eigenvalue weighted by atomic mass is 10.2. The van der Waals surface area contributed by atoms with E-state index in [1.807, 2.05) is 13.8 Å². The van der Waals surface area contributed by atoms with Crippen LogP contribution in [0.2, 0.25) is 0 Å². The van der Waals surface area contributed by atoms with Gasteiger partial charge in [0.1, 0.15) is 12.1 Å². The topological polar surface area (TPSA) is 73.1 Å². The van der Waals surface area contributed by atoms with Crippen LogP contribution in [-0.2, 0) is 0 Å². The van der Waals surface area contributed by atoms with Crippen molar-refractivity contribution < 1.29 is 4.74 Å². The highest BCUT2D eigenvalue weighted by molar-refractivity contribution is 5.47. The van der Waals surface area contributed by atoms with Gasteiger partial charge >= 0.3 is 0 Å². The van der Waals surface area contributed by atoms with Crippen molar-refractivity contribution in [2.75, 3.05) is 25.0 Å². The molecule has 0 amide bonds. The molecule has 5 heteroatoms. The molecule has 5 nitrogen and oxygen atoms in total. The first-order valence-electron chi connectivity index (χ1n) is 6.68. The highest BCUT2D eigenvalue weighted by Gasteiger charge is 2.06. The van der Waals surface area contributed by atoms with Gasteiger partial charge in [-0.3, -0.25) is 0 Å². The maximum Gasteiger partial charge on any atom is 0.221 e. The molecule has 3 N–H and O–H groups in total. The lowest BCUT2D eigenvalue weighted by Gasteiger charge is -2.11. The average Bonchev–Trinajstić information content (AvgIpc) is 2.38. The number of nitrogens with two attached hydrogens (primary N) is 1. The normalized spacial score (nSPS) is 10.4. The quantitative estimate of drug-likeness (QED) is 0.659. The summed E-state index contributed by atoms with van der Waals surface area (Å²) in [6.45, 7) is 6.26. The van der Waals surface area contributed by atoms with E-state index in [0.717, 1.165) is 37.3 Å². The van der Waals surface area contributed by atoms with Gasteiger partial charge in [-0.1, -0.05) is 12.8 Å². The smallest absolute Gasteiger partial charge is 0.221 e. The lowest BCUT2D eigenvalue weighted by Crippen LogP contribution is -2.07. The molecule has 0 saturated heterocycles. The largest absolute Gasteiger partial charge is 0.478 e. The summed E-state index contributed by atoms with van der Waals surface area (Å²) < 4.78 is 5.43. The molecule has 0 bridgehead atoms. The summed E-state index contributed by atoms with van der Waals surface area (Å²) in [6.07, 6.45) is 6.18. The van der Waals surface area contributed by atoms with Crippen LogP contribution < -0.4 is 15.8 Å². The highest BCUT2D eigenvalue weighted by Crippen LogP contribution is 2.20. The van der Waals surface area contributed by atoms with Crippen molar-refractivity contribution in [2.24, 2.45) is 5.73 Å². The van der Waals surface area contributed by atoms with Crippen molar-refractivity contribution in [3.05, 3.63) is 11.9 Å². The number of hydrogen-bond acceptors (Lipinski definition) is 5. The number of hydrogen-bond donors (Lipinski definition) is 2. The number of anilines is 1. The fraction of sp³-hybridized carbons (Fsp3) is 0.692. The molecule has 1 aromatic heterocycles. The molecule has 0 aliphatic carbocycles. The molecule has 0 fully saturated rings. The summed E-state index contributed by atoms with van der Waals surface area (Å²) in [5.41, 5.74) is 6.43. The molecule has 0 aliphatic heterocycles. The van der Waals surface area contributed by atoms with Crippen LogP contribution in [0.25, 0.3) is 0 Å². The third-order valence-electron chi connectivity index (χ3n) is 2.74. The Morgan fingerprint density at radius 3 is 2.72 bits per heavy atom. The van der Waals surface area contributed by atoms with Crippen LogP contribution in [0.3, 0.4) is 0 Å². The highest BCUT2D eigenvalue weighted by atomic mass is 16.5. The molecule has 0 spiro atoms. The molecule has 0 radical (unpaired) electrons. The van der Waals surface area contributed by atoms with Crippen LogP contribution in [0.5, 0.6) is 5.88 Å². The van der Waals surface area contributed by atoms with Crippen LogP contribution in [0, 0.1) is 6.92 Å². The summed E-state index contributed by atoms with van der Waals surface area (Å²) in [7, 11) is 0. The Bertz CT molecular complexity index is 344. The van der Waals surface area contributed by atoms with Crippen molar-refractivity contribution >= 4 is 5.82 Å². The third kappa shape index (κ3) is 4.87. The maximum absolute atomic E-state index is 5.45. The van der Waals surface area contributed by atoms with Gasteiger partial charge in [0.25, 0.3) is 0 Å². The summed E-state index contributed by atoms with van der Waals surface area (Å²) in [5.74, 6) is 1.53. The van der Waals surface area contributed by atoms with Crippen molar-refractivity contribution in [1.29, 1.82) is 0 Å². The molecular formula is C13H24N4O. The standard InChI is InChI=1S/C13H24N4O/c1-3-18-13-11(2)12(16-10-17-13)15-9-7-5-4-6-8-14/h10H,3-9,14H2,1-2H3,(H,15,16,17). The van der Waals surface area contributed by atoms with Crippen LogP contribution in [-0.4, -0.2) is 29.7 Å². The van der Waals surface area contributed by atoms with Crippen molar-refractivity contribution in [3.63, 3.8) is 0 Å². The first-order chi connectivity index (χ1) is 8.79. The van der Waals surface area contributed by atoms with Gasteiger partial charge in [-0.15, -0.1) is 0 Å². The van der Waals surface area contributed by atoms with Crippen LogP contribution >= 0.6 is 0 Å². The second kappa shape index (κ2) is 8.69. The average molecular weight is 252 g/mol. The van der Waals surface area contributed by atoms with Gasteiger partial charge in [0.2, 0.25) is 5.88 Å². The number of ether oxygens (including phenoxy) is 1. The van der Waals surface area contributed by atoms with Crippen LogP contribution in [0.4, 0.5) is 5.82 Å². The Kier molecular flexibility index (Phi) is 7.10. The fourth-order valence-corrected chi connectivity index (χ4v) is 1.72. The Labute approximate surface area is 109 Å². The number of unbranched alkanes of at least 4 members (excludes halogenated alkanes) is 3. The number of aromatic nitrogens is 2. The van der Waals surface area contributed by atoms with E-state index in [0.29, 0.717) is 12.5 Å². The van der Waals surface area contributed by atoms with Gasteiger partial charge in [0.05, 0.1) is 12.2 Å². The van der Waals surface area contributed by atoms with E-state index in [2.05, 4.69) is 15.3 Å². The molecule has 0 saturated carbocycles. The summed E-state index contributed by atoms with van der Waals surface area (Å²) in [5, 5.41) is 3.33. The van der Waals surface area contributed by atoms with Crippen molar-refractivity contribution in [2.45, 2.75) is 39.5 Å². The third-order valence-corrected chi connectivity index (χ3v) is 2.74. The zero-order valence-corrected chi connectivity index (χ0v) is 11.4. The summed E-state index contributed by atoms with van der Waals surface area (Å²) in [6, 6.07) is 0. The Balaban J connectivity index is 2.35. The van der Waals surface area contributed by atoms with Crippen molar-refractivity contribution in [3.8, 4) is 5.88 Å². The van der Waals surface area contributed by atoms with E-state index >= 15 is 0 Å². The summed E-state index contributed by atoms with van der Waals surface area (Å²) >= 11 is 0. The van der Waals surface area contributed by atoms with Gasteiger partial charge in [-0.2, -0.15) is 0 Å². The minimum atomic E-state index is 0.621. The molecule has 0 atom stereocenters. The Morgan fingerprint density at radius 1 is 1.22 bits per heavy atom. The Morgan fingerprint density at radius 2 is 2.00 bits per heavy atom. The van der Waals surface area contributed by atoms with Crippen LogP contribution in [0.15, 0.2) is 6.33 Å². The molecule has 0 aliphatic rings. The molecular weight excluding hydrogens is 228 g/mol. The molecule has 0 unspecified atom stereocenters. The fourth-order valence-electron chi connectivity index (χ4n) is 1.72. The van der Waals surface area contributed by atoms with Gasteiger partial charge < -0.3 is 15.8 Å². The second-order valence-electron chi connectivity index (χ2n) is 4.22. The number of nitrogens with one attached hydrogen (secondary N) is 1. The van der Waals surface area contributed by atoms with E-state index in [1.54, 1.807) is 0 Å². The number of rotatable bonds is 9. The zero-order chi connectivity index (χ0) is 13.2. The van der Waals surface area contributed by atoms with E-state index in [4.69, 9.17) is 10.5 Å². The Hall–Kier alpha value is -1.36. The number of nitrogens with zero attached hydrogens (tertiary/aromatic N) is 2. The first-order valence-corrected chi connectivity index (χ1v) is 6.68. The molecule has 1 heterocycles. The SMILES string of the molecule is CCOc1ncnc(NCCCCCCN)c1C. The van der Waals surface area contributed by atoms with Crippen molar-refractivity contribution in [1.82, 2.24) is 9.97 Å². The van der Waals surface area contributed by atoms with Gasteiger partial charge in [-0.05, 0) is 33.2 Å². The van der Waals surface area contributed by atoms with E-state index in [-0.39, 0.29) is 0 Å². The van der Waals surface area contributed by atoms with E-state index < -0.39 is 0 Å².